The average molecular weight is 685 g/mol. The van der Waals surface area contributed by atoms with E-state index in [2.05, 4.69) is 200 Å². The second-order valence-corrected chi connectivity index (χ2v) is 15.6. The van der Waals surface area contributed by atoms with Gasteiger partial charge >= 0.3 is 0 Å². The molecule has 5 aromatic carbocycles. The van der Waals surface area contributed by atoms with Gasteiger partial charge in [0.25, 0.3) is 0 Å². The summed E-state index contributed by atoms with van der Waals surface area (Å²) in [5, 5.41) is 0. The fraction of sp³-hybridized carbons (Fsp3) is 0.176. The monoisotopic (exact) mass is 684 g/mol. The number of hydrogen-bond acceptors (Lipinski definition) is 2. The molecule has 3 atom stereocenters. The van der Waals surface area contributed by atoms with E-state index in [1.54, 1.807) is 0 Å². The van der Waals surface area contributed by atoms with Crippen molar-refractivity contribution in [2.24, 2.45) is 0 Å². The van der Waals surface area contributed by atoms with Crippen molar-refractivity contribution in [2.75, 3.05) is 9.80 Å². The lowest BCUT2D eigenvalue weighted by molar-refractivity contribution is 0.609. The first-order valence-electron chi connectivity index (χ1n) is 19.3. The molecule has 258 valence electrons. The van der Waals surface area contributed by atoms with E-state index in [1.165, 1.54) is 73.0 Å². The van der Waals surface area contributed by atoms with Crippen LogP contribution < -0.4 is 9.80 Å². The standard InChI is InChI=1S/C51H44N2/c1-51(2)47-19-11-9-17-43(47)44-31-30-42(34-48(44)51)52(40-26-21-36(22-27-40)35-13-5-3-6-14-35)41-28-23-37(24-29-41)38-25-32-50-46(33-38)45-18-10-12-20-49(45)53(50)39-15-7-4-8-16-39/h3-7,9-15,17-30,32-34,44,46,50H,8,16,31H2,1-2H3. The van der Waals surface area contributed by atoms with Crippen LogP contribution in [0.2, 0.25) is 0 Å². The Morgan fingerprint density at radius 3 is 2.13 bits per heavy atom. The molecule has 1 heterocycles. The highest BCUT2D eigenvalue weighted by Gasteiger charge is 2.43. The number of benzene rings is 5. The highest BCUT2D eigenvalue weighted by molar-refractivity contribution is 5.82. The minimum Gasteiger partial charge on any atom is -0.337 e. The van der Waals surface area contributed by atoms with Crippen molar-refractivity contribution in [3.63, 3.8) is 0 Å². The van der Waals surface area contributed by atoms with E-state index in [9.17, 15) is 0 Å². The third-order valence-electron chi connectivity index (χ3n) is 12.3. The highest BCUT2D eigenvalue weighted by Crippen LogP contribution is 2.54. The van der Waals surface area contributed by atoms with Gasteiger partial charge in [-0.25, -0.2) is 0 Å². The van der Waals surface area contributed by atoms with Gasteiger partial charge in [-0.3, -0.25) is 0 Å². The van der Waals surface area contributed by atoms with Gasteiger partial charge in [0, 0.05) is 45.7 Å². The molecular formula is C51H44N2. The van der Waals surface area contributed by atoms with Crippen molar-refractivity contribution in [3.05, 3.63) is 215 Å². The number of nitrogens with zero attached hydrogens (tertiary/aromatic N) is 2. The van der Waals surface area contributed by atoms with Crippen molar-refractivity contribution in [2.45, 2.75) is 56.4 Å². The maximum Gasteiger partial charge on any atom is 0.0626 e. The van der Waals surface area contributed by atoms with Crippen molar-refractivity contribution >= 4 is 22.6 Å². The molecule has 53 heavy (non-hydrogen) atoms. The van der Waals surface area contributed by atoms with Crippen LogP contribution in [-0.2, 0) is 5.41 Å². The lowest BCUT2D eigenvalue weighted by Gasteiger charge is -2.33. The smallest absolute Gasteiger partial charge is 0.0626 e. The molecule has 1 aliphatic heterocycles. The lowest BCUT2D eigenvalue weighted by atomic mass is 9.78. The van der Waals surface area contributed by atoms with Crippen LogP contribution in [0.4, 0.5) is 17.1 Å². The number of rotatable bonds is 6. The molecule has 0 saturated carbocycles. The first kappa shape index (κ1) is 31.8. The summed E-state index contributed by atoms with van der Waals surface area (Å²) >= 11 is 0. The normalized spacial score (nSPS) is 21.8. The zero-order valence-electron chi connectivity index (χ0n) is 30.5. The van der Waals surface area contributed by atoms with Gasteiger partial charge in [0.05, 0.1) is 6.04 Å². The number of anilines is 3. The molecule has 5 aromatic rings. The molecule has 10 rings (SSSR count). The van der Waals surface area contributed by atoms with Crippen LogP contribution in [0.15, 0.2) is 193 Å². The fourth-order valence-electron chi connectivity index (χ4n) is 9.63. The predicted octanol–water partition coefficient (Wildman–Crippen LogP) is 12.9. The third kappa shape index (κ3) is 5.31. The van der Waals surface area contributed by atoms with Gasteiger partial charge in [-0.1, -0.05) is 153 Å². The Kier molecular flexibility index (Phi) is 7.61. The lowest BCUT2D eigenvalue weighted by Crippen LogP contribution is -2.32. The quantitative estimate of drug-likeness (QED) is 0.176. The topological polar surface area (TPSA) is 6.48 Å². The largest absolute Gasteiger partial charge is 0.337 e. The summed E-state index contributed by atoms with van der Waals surface area (Å²) < 4.78 is 0. The maximum atomic E-state index is 2.58. The Balaban J connectivity index is 1.00. The number of allylic oxidation sites excluding steroid dienone is 9. The second kappa shape index (κ2) is 12.7. The van der Waals surface area contributed by atoms with Gasteiger partial charge in [-0.2, -0.15) is 0 Å². The Bertz CT molecular complexity index is 2400. The Hall–Kier alpha value is -5.86. The van der Waals surface area contributed by atoms with Gasteiger partial charge in [0.2, 0.25) is 0 Å². The zero-order chi connectivity index (χ0) is 35.5. The third-order valence-corrected chi connectivity index (χ3v) is 12.3. The van der Waals surface area contributed by atoms with Gasteiger partial charge in [0.1, 0.15) is 0 Å². The molecule has 0 aromatic heterocycles. The molecule has 0 fully saturated rings. The van der Waals surface area contributed by atoms with Crippen LogP contribution in [0.5, 0.6) is 0 Å². The van der Waals surface area contributed by atoms with Crippen LogP contribution >= 0.6 is 0 Å². The van der Waals surface area contributed by atoms with Crippen LogP contribution in [-0.4, -0.2) is 6.04 Å². The molecule has 3 unspecified atom stereocenters. The Labute approximate surface area is 314 Å². The molecule has 0 amide bonds. The predicted molar refractivity (Wildman–Crippen MR) is 222 cm³/mol. The van der Waals surface area contributed by atoms with E-state index in [4.69, 9.17) is 0 Å². The van der Waals surface area contributed by atoms with E-state index in [1.807, 2.05) is 0 Å². The first-order chi connectivity index (χ1) is 26.0. The van der Waals surface area contributed by atoms with Crippen molar-refractivity contribution in [1.82, 2.24) is 0 Å². The first-order valence-corrected chi connectivity index (χ1v) is 19.3. The summed E-state index contributed by atoms with van der Waals surface area (Å²) in [6, 6.07) is 47.4. The maximum absolute atomic E-state index is 2.58. The van der Waals surface area contributed by atoms with Gasteiger partial charge in [0.15, 0.2) is 0 Å². The molecule has 0 radical (unpaired) electrons. The van der Waals surface area contributed by atoms with Gasteiger partial charge in [-0.05, 0) is 101 Å². The van der Waals surface area contributed by atoms with Gasteiger partial charge < -0.3 is 9.80 Å². The van der Waals surface area contributed by atoms with Crippen molar-refractivity contribution < 1.29 is 0 Å². The van der Waals surface area contributed by atoms with E-state index in [0.29, 0.717) is 17.9 Å². The second-order valence-electron chi connectivity index (χ2n) is 15.6. The summed E-state index contributed by atoms with van der Waals surface area (Å²) in [5.41, 5.74) is 17.2. The fourth-order valence-corrected chi connectivity index (χ4v) is 9.63. The van der Waals surface area contributed by atoms with Crippen molar-refractivity contribution in [1.29, 1.82) is 0 Å². The van der Waals surface area contributed by atoms with E-state index < -0.39 is 0 Å². The summed E-state index contributed by atoms with van der Waals surface area (Å²) in [6.45, 7) is 4.80. The molecule has 0 N–H and O–H groups in total. The average Bonchev–Trinajstić information content (AvgIpc) is 3.67. The molecule has 5 aliphatic rings. The number of hydrogen-bond donors (Lipinski definition) is 0. The summed E-state index contributed by atoms with van der Waals surface area (Å²) in [4.78, 5) is 5.04. The van der Waals surface area contributed by atoms with Crippen molar-refractivity contribution in [3.8, 4) is 11.1 Å². The SMILES string of the molecule is CC1(C)C2=CC(N(c3ccc(C4=CC5c6ccccc6N(C6=CC=CCC6)C5C=C4)cc3)c3ccc(-c4ccccc4)cc3)=CCC2c2ccccc21. The Morgan fingerprint density at radius 1 is 0.698 bits per heavy atom. The number of para-hydroxylation sites is 1. The zero-order valence-corrected chi connectivity index (χ0v) is 30.5. The van der Waals surface area contributed by atoms with Gasteiger partial charge in [-0.15, -0.1) is 0 Å². The molecule has 2 nitrogen and oxygen atoms in total. The van der Waals surface area contributed by atoms with Crippen LogP contribution in [0, 0.1) is 0 Å². The van der Waals surface area contributed by atoms with Crippen LogP contribution in [0.3, 0.4) is 0 Å². The summed E-state index contributed by atoms with van der Waals surface area (Å²) in [6.07, 6.45) is 22.2. The molecule has 4 aliphatic carbocycles. The van der Waals surface area contributed by atoms with E-state index in [0.717, 1.165) is 19.3 Å². The molecule has 0 saturated heterocycles. The van der Waals surface area contributed by atoms with Crippen LogP contribution in [0.25, 0.3) is 16.7 Å². The van der Waals surface area contributed by atoms with E-state index in [-0.39, 0.29) is 5.41 Å². The van der Waals surface area contributed by atoms with E-state index >= 15 is 0 Å². The number of fused-ring (bicyclic) bond motifs is 6. The minimum atomic E-state index is -0.0101. The Morgan fingerprint density at radius 2 is 1.38 bits per heavy atom. The minimum absolute atomic E-state index is 0.0101. The summed E-state index contributed by atoms with van der Waals surface area (Å²) in [5.74, 6) is 0.758. The molecule has 0 bridgehead atoms. The molecular weight excluding hydrogens is 641 g/mol. The molecule has 0 spiro atoms. The van der Waals surface area contributed by atoms with Crippen LogP contribution in [0.1, 0.15) is 67.2 Å². The highest BCUT2D eigenvalue weighted by atomic mass is 15.2. The molecule has 2 heteroatoms. The summed E-state index contributed by atoms with van der Waals surface area (Å²) in [7, 11) is 0.